The lowest BCUT2D eigenvalue weighted by Gasteiger charge is -2.21. The van der Waals surface area contributed by atoms with Gasteiger partial charge >= 0.3 is 0 Å². The van der Waals surface area contributed by atoms with Crippen LogP contribution in [0.4, 0.5) is 0 Å². The molecular formula is C20H33N3O2. The highest BCUT2D eigenvalue weighted by atomic mass is 16.5. The van der Waals surface area contributed by atoms with Crippen molar-refractivity contribution in [2.24, 2.45) is 10.9 Å². The van der Waals surface area contributed by atoms with Crippen LogP contribution in [-0.4, -0.2) is 50.3 Å². The fourth-order valence-corrected chi connectivity index (χ4v) is 3.16. The molecule has 2 rings (SSSR count). The van der Waals surface area contributed by atoms with Crippen LogP contribution >= 0.6 is 0 Å². The van der Waals surface area contributed by atoms with Gasteiger partial charge in [-0.2, -0.15) is 0 Å². The van der Waals surface area contributed by atoms with E-state index in [1.165, 1.54) is 12.0 Å². The number of rotatable bonds is 8. The minimum absolute atomic E-state index is 0.608. The molecule has 25 heavy (non-hydrogen) atoms. The van der Waals surface area contributed by atoms with Gasteiger partial charge in [0.1, 0.15) is 5.75 Å². The summed E-state index contributed by atoms with van der Waals surface area (Å²) >= 11 is 0. The Morgan fingerprint density at radius 3 is 2.80 bits per heavy atom. The fourth-order valence-electron chi connectivity index (χ4n) is 3.16. The third kappa shape index (κ3) is 5.92. The number of aliphatic imine (C=N–C) groups is 1. The highest BCUT2D eigenvalue weighted by Crippen LogP contribution is 2.20. The Bertz CT molecular complexity index is 560. The van der Waals surface area contributed by atoms with Crippen molar-refractivity contribution in [3.8, 4) is 5.75 Å². The molecule has 1 aliphatic heterocycles. The number of nitrogens with zero attached hydrogens (tertiary/aromatic N) is 2. The molecule has 0 radical (unpaired) electrons. The van der Waals surface area contributed by atoms with Crippen molar-refractivity contribution in [3.63, 3.8) is 0 Å². The van der Waals surface area contributed by atoms with E-state index in [1.54, 1.807) is 0 Å². The van der Waals surface area contributed by atoms with Crippen molar-refractivity contribution in [1.82, 2.24) is 10.2 Å². The van der Waals surface area contributed by atoms with E-state index in [4.69, 9.17) is 14.5 Å². The number of guanidine groups is 1. The molecule has 1 fully saturated rings. The summed E-state index contributed by atoms with van der Waals surface area (Å²) in [5, 5.41) is 3.43. The van der Waals surface area contributed by atoms with Gasteiger partial charge in [0.05, 0.1) is 19.8 Å². The fraction of sp³-hybridized carbons (Fsp3) is 0.650. The Labute approximate surface area is 152 Å². The summed E-state index contributed by atoms with van der Waals surface area (Å²) in [6, 6.07) is 6.32. The third-order valence-electron chi connectivity index (χ3n) is 4.43. The number of benzene rings is 1. The Hall–Kier alpha value is -1.75. The van der Waals surface area contributed by atoms with E-state index >= 15 is 0 Å². The van der Waals surface area contributed by atoms with Gasteiger partial charge in [-0.25, -0.2) is 4.99 Å². The van der Waals surface area contributed by atoms with Crippen molar-refractivity contribution in [3.05, 3.63) is 29.3 Å². The standard InChI is InChI=1S/C20H33N3O2/c1-5-21-20(23-11-10-18(14-23)15-24-6-2)22-13-17-8-9-19(25-7-3)16(4)12-17/h8-9,12,18H,5-7,10-11,13-15H2,1-4H3,(H,21,22). The average Bonchev–Trinajstić information content (AvgIpc) is 3.08. The van der Waals surface area contributed by atoms with Gasteiger partial charge in [0.15, 0.2) is 5.96 Å². The van der Waals surface area contributed by atoms with E-state index in [1.807, 2.05) is 13.0 Å². The summed E-state index contributed by atoms with van der Waals surface area (Å²) in [4.78, 5) is 7.20. The molecule has 1 unspecified atom stereocenters. The predicted octanol–water partition coefficient (Wildman–Crippen LogP) is 3.22. The second-order valence-corrected chi connectivity index (χ2v) is 6.46. The van der Waals surface area contributed by atoms with Gasteiger partial charge in [-0.1, -0.05) is 12.1 Å². The van der Waals surface area contributed by atoms with Crippen molar-refractivity contribution in [2.75, 3.05) is 39.5 Å². The molecule has 1 N–H and O–H groups in total. The predicted molar refractivity (Wildman–Crippen MR) is 103 cm³/mol. The van der Waals surface area contributed by atoms with Gasteiger partial charge in [0.25, 0.3) is 0 Å². The van der Waals surface area contributed by atoms with Gasteiger partial charge in [-0.15, -0.1) is 0 Å². The maximum absolute atomic E-state index is 5.61. The third-order valence-corrected chi connectivity index (χ3v) is 4.43. The molecule has 140 valence electrons. The first-order valence-corrected chi connectivity index (χ1v) is 9.51. The summed E-state index contributed by atoms with van der Waals surface area (Å²) in [6.07, 6.45) is 1.17. The lowest BCUT2D eigenvalue weighted by molar-refractivity contribution is 0.114. The molecule has 0 aliphatic carbocycles. The van der Waals surface area contributed by atoms with Crippen LogP contribution in [0.25, 0.3) is 0 Å². The van der Waals surface area contributed by atoms with Gasteiger partial charge in [0, 0.05) is 32.2 Å². The van der Waals surface area contributed by atoms with E-state index < -0.39 is 0 Å². The molecule has 1 aromatic rings. The van der Waals surface area contributed by atoms with Gasteiger partial charge in [-0.05, 0) is 51.3 Å². The van der Waals surface area contributed by atoms with Gasteiger partial charge < -0.3 is 19.7 Å². The first-order chi connectivity index (χ1) is 12.2. The number of likely N-dealkylation sites (tertiary alicyclic amines) is 1. The zero-order valence-corrected chi connectivity index (χ0v) is 16.2. The van der Waals surface area contributed by atoms with Crippen molar-refractivity contribution in [2.45, 2.75) is 40.7 Å². The van der Waals surface area contributed by atoms with Crippen molar-refractivity contribution < 1.29 is 9.47 Å². The molecule has 0 bridgehead atoms. The van der Waals surface area contributed by atoms with Gasteiger partial charge in [-0.3, -0.25) is 0 Å². The van der Waals surface area contributed by atoms with Gasteiger partial charge in [0.2, 0.25) is 0 Å². The van der Waals surface area contributed by atoms with Crippen LogP contribution < -0.4 is 10.1 Å². The molecular weight excluding hydrogens is 314 g/mol. The number of hydrogen-bond acceptors (Lipinski definition) is 3. The average molecular weight is 348 g/mol. The number of aryl methyl sites for hydroxylation is 1. The Morgan fingerprint density at radius 2 is 2.12 bits per heavy atom. The molecule has 5 nitrogen and oxygen atoms in total. The summed E-state index contributed by atoms with van der Waals surface area (Å²) in [5.41, 5.74) is 2.37. The lowest BCUT2D eigenvalue weighted by atomic mass is 10.1. The number of hydrogen-bond donors (Lipinski definition) is 1. The summed E-state index contributed by atoms with van der Waals surface area (Å²) < 4.78 is 11.2. The summed E-state index contributed by atoms with van der Waals surface area (Å²) in [6.45, 7) is 14.2. The molecule has 5 heteroatoms. The highest BCUT2D eigenvalue weighted by Gasteiger charge is 2.24. The van der Waals surface area contributed by atoms with E-state index in [0.29, 0.717) is 19.1 Å². The molecule has 0 saturated carbocycles. The monoisotopic (exact) mass is 347 g/mol. The van der Waals surface area contributed by atoms with E-state index in [9.17, 15) is 0 Å². The molecule has 0 spiro atoms. The van der Waals surface area contributed by atoms with Crippen LogP contribution in [0.1, 0.15) is 38.3 Å². The zero-order valence-electron chi connectivity index (χ0n) is 16.2. The van der Waals surface area contributed by atoms with E-state index in [2.05, 4.69) is 43.1 Å². The van der Waals surface area contributed by atoms with Crippen LogP contribution in [0, 0.1) is 12.8 Å². The minimum Gasteiger partial charge on any atom is -0.494 e. The highest BCUT2D eigenvalue weighted by molar-refractivity contribution is 5.80. The van der Waals surface area contributed by atoms with Crippen LogP contribution in [0.2, 0.25) is 0 Å². The maximum atomic E-state index is 5.61. The van der Waals surface area contributed by atoms with Crippen LogP contribution in [0.3, 0.4) is 0 Å². The molecule has 1 heterocycles. The summed E-state index contributed by atoms with van der Waals surface area (Å²) in [7, 11) is 0. The normalized spacial score (nSPS) is 17.8. The quantitative estimate of drug-likeness (QED) is 0.579. The van der Waals surface area contributed by atoms with Crippen molar-refractivity contribution >= 4 is 5.96 Å². The Balaban J connectivity index is 1.99. The molecule has 1 aliphatic rings. The molecule has 1 saturated heterocycles. The number of nitrogens with one attached hydrogen (secondary N) is 1. The first kappa shape index (κ1) is 19.6. The Morgan fingerprint density at radius 1 is 1.28 bits per heavy atom. The topological polar surface area (TPSA) is 46.1 Å². The smallest absolute Gasteiger partial charge is 0.194 e. The Kier molecular flexibility index (Phi) is 8.06. The van der Waals surface area contributed by atoms with Crippen LogP contribution in [0.15, 0.2) is 23.2 Å². The van der Waals surface area contributed by atoms with Crippen LogP contribution in [0.5, 0.6) is 5.75 Å². The molecule has 1 atom stereocenters. The zero-order chi connectivity index (χ0) is 18.1. The largest absolute Gasteiger partial charge is 0.494 e. The van der Waals surface area contributed by atoms with Crippen molar-refractivity contribution in [1.29, 1.82) is 0 Å². The number of ether oxygens (including phenoxy) is 2. The lowest BCUT2D eigenvalue weighted by Crippen LogP contribution is -2.40. The minimum atomic E-state index is 0.608. The van der Waals surface area contributed by atoms with Crippen LogP contribution in [-0.2, 0) is 11.3 Å². The van der Waals surface area contributed by atoms with E-state index in [-0.39, 0.29) is 0 Å². The molecule has 0 aromatic heterocycles. The maximum Gasteiger partial charge on any atom is 0.194 e. The second-order valence-electron chi connectivity index (χ2n) is 6.46. The molecule has 1 aromatic carbocycles. The summed E-state index contributed by atoms with van der Waals surface area (Å²) in [5.74, 6) is 2.57. The molecule has 0 amide bonds. The van der Waals surface area contributed by atoms with E-state index in [0.717, 1.165) is 50.1 Å². The SMILES string of the molecule is CCNC(=NCc1ccc(OCC)c(C)c1)N1CCC(COCC)C1. The second kappa shape index (κ2) is 10.3. The first-order valence-electron chi connectivity index (χ1n) is 9.51.